The molecule has 0 aromatic carbocycles. The molecule has 0 radical (unpaired) electrons. The predicted molar refractivity (Wildman–Crippen MR) is 39.0 cm³/mol. The van der Waals surface area contributed by atoms with Crippen molar-refractivity contribution >= 4 is 0 Å². The van der Waals surface area contributed by atoms with Crippen LogP contribution < -0.4 is 0 Å². The van der Waals surface area contributed by atoms with Crippen LogP contribution in [0.2, 0.25) is 0 Å². The van der Waals surface area contributed by atoms with E-state index in [0.717, 1.165) is 6.61 Å². The highest BCUT2D eigenvalue weighted by molar-refractivity contribution is 5.28. The lowest BCUT2D eigenvalue weighted by molar-refractivity contribution is 0.415. The second-order valence-corrected chi connectivity index (χ2v) is 2.85. The third-order valence-corrected chi connectivity index (χ3v) is 1.87. The standard InChI is InChI=1S/C8H11NO/c1-5-3-7(6(2)9-5)8-4-10-8/h3,8-9H,4H2,1-2H3/t8-/m0/s1. The number of ether oxygens (including phenoxy) is 1. The lowest BCUT2D eigenvalue weighted by Crippen LogP contribution is -1.79. The molecule has 0 amide bonds. The minimum Gasteiger partial charge on any atom is -0.368 e. The summed E-state index contributed by atoms with van der Waals surface area (Å²) < 4.78 is 5.17. The zero-order valence-electron chi connectivity index (χ0n) is 6.27. The minimum atomic E-state index is 0.393. The summed E-state index contributed by atoms with van der Waals surface area (Å²) in [6.07, 6.45) is 0.393. The normalized spacial score (nSPS) is 23.2. The van der Waals surface area contributed by atoms with Crippen molar-refractivity contribution in [2.45, 2.75) is 20.0 Å². The number of aromatic nitrogens is 1. The van der Waals surface area contributed by atoms with Crippen LogP contribution in [0.5, 0.6) is 0 Å². The van der Waals surface area contributed by atoms with Crippen LogP contribution >= 0.6 is 0 Å². The number of epoxide rings is 1. The van der Waals surface area contributed by atoms with E-state index in [0.29, 0.717) is 6.10 Å². The molecule has 1 fully saturated rings. The van der Waals surface area contributed by atoms with Gasteiger partial charge in [0, 0.05) is 17.0 Å². The monoisotopic (exact) mass is 137 g/mol. The lowest BCUT2D eigenvalue weighted by Gasteiger charge is -1.88. The van der Waals surface area contributed by atoms with E-state index in [1.54, 1.807) is 0 Å². The number of aromatic amines is 1. The van der Waals surface area contributed by atoms with Gasteiger partial charge in [-0.3, -0.25) is 0 Å². The molecular formula is C8H11NO. The maximum Gasteiger partial charge on any atom is 0.108 e. The summed E-state index contributed by atoms with van der Waals surface area (Å²) in [5, 5.41) is 0. The second-order valence-electron chi connectivity index (χ2n) is 2.85. The van der Waals surface area contributed by atoms with Gasteiger partial charge in [0.15, 0.2) is 0 Å². The van der Waals surface area contributed by atoms with Crippen LogP contribution in [0, 0.1) is 13.8 Å². The van der Waals surface area contributed by atoms with Crippen molar-refractivity contribution in [3.8, 4) is 0 Å². The molecule has 0 saturated carbocycles. The molecular weight excluding hydrogens is 126 g/mol. The van der Waals surface area contributed by atoms with Crippen LogP contribution in [0.1, 0.15) is 23.1 Å². The first kappa shape index (κ1) is 5.98. The summed E-state index contributed by atoms with van der Waals surface area (Å²) in [6.45, 7) is 5.06. The molecule has 2 heterocycles. The highest BCUT2D eigenvalue weighted by atomic mass is 16.6. The number of aryl methyl sites for hydroxylation is 2. The molecule has 10 heavy (non-hydrogen) atoms. The van der Waals surface area contributed by atoms with Crippen LogP contribution in [-0.4, -0.2) is 11.6 Å². The molecule has 0 unspecified atom stereocenters. The fourth-order valence-electron chi connectivity index (χ4n) is 1.31. The molecule has 2 heteroatoms. The average molecular weight is 137 g/mol. The van der Waals surface area contributed by atoms with Gasteiger partial charge in [0.05, 0.1) is 6.61 Å². The molecule has 0 aliphatic carbocycles. The number of rotatable bonds is 1. The van der Waals surface area contributed by atoms with Gasteiger partial charge >= 0.3 is 0 Å². The van der Waals surface area contributed by atoms with Gasteiger partial charge in [0.25, 0.3) is 0 Å². The number of hydrogen-bond acceptors (Lipinski definition) is 1. The van der Waals surface area contributed by atoms with E-state index in [4.69, 9.17) is 4.74 Å². The molecule has 1 atom stereocenters. The molecule has 2 nitrogen and oxygen atoms in total. The third kappa shape index (κ3) is 0.847. The molecule has 54 valence electrons. The summed E-state index contributed by atoms with van der Waals surface area (Å²) in [7, 11) is 0. The Morgan fingerprint density at radius 2 is 2.30 bits per heavy atom. The zero-order chi connectivity index (χ0) is 7.14. The lowest BCUT2D eigenvalue weighted by atomic mass is 10.2. The Kier molecular flexibility index (Phi) is 1.11. The van der Waals surface area contributed by atoms with Crippen molar-refractivity contribution in [1.82, 2.24) is 4.98 Å². The van der Waals surface area contributed by atoms with Crippen molar-refractivity contribution in [2.75, 3.05) is 6.61 Å². The Morgan fingerprint density at radius 3 is 2.70 bits per heavy atom. The molecule has 1 aromatic heterocycles. The van der Waals surface area contributed by atoms with Gasteiger partial charge in [-0.15, -0.1) is 0 Å². The van der Waals surface area contributed by atoms with Gasteiger partial charge in [-0.25, -0.2) is 0 Å². The topological polar surface area (TPSA) is 28.3 Å². The first-order valence-corrected chi connectivity index (χ1v) is 3.55. The van der Waals surface area contributed by atoms with Crippen LogP contribution in [0.15, 0.2) is 6.07 Å². The predicted octanol–water partition coefficient (Wildman–Crippen LogP) is 1.70. The Morgan fingerprint density at radius 1 is 1.60 bits per heavy atom. The molecule has 0 spiro atoms. The Labute approximate surface area is 60.2 Å². The highest BCUT2D eigenvalue weighted by Gasteiger charge is 2.27. The van der Waals surface area contributed by atoms with Gasteiger partial charge in [-0.2, -0.15) is 0 Å². The maximum absolute atomic E-state index is 5.17. The van der Waals surface area contributed by atoms with E-state index in [9.17, 15) is 0 Å². The smallest absolute Gasteiger partial charge is 0.108 e. The van der Waals surface area contributed by atoms with E-state index in [2.05, 4.69) is 24.9 Å². The van der Waals surface area contributed by atoms with Crippen LogP contribution in [0.4, 0.5) is 0 Å². The van der Waals surface area contributed by atoms with Gasteiger partial charge in [-0.1, -0.05) is 0 Å². The van der Waals surface area contributed by atoms with Crippen molar-refractivity contribution in [2.24, 2.45) is 0 Å². The fraction of sp³-hybridized carbons (Fsp3) is 0.500. The summed E-state index contributed by atoms with van der Waals surface area (Å²) in [5.74, 6) is 0. The highest BCUT2D eigenvalue weighted by Crippen LogP contribution is 2.32. The number of nitrogens with one attached hydrogen (secondary N) is 1. The summed E-state index contributed by atoms with van der Waals surface area (Å²) in [5.41, 5.74) is 3.81. The number of hydrogen-bond donors (Lipinski definition) is 1. The Bertz CT molecular complexity index is 248. The summed E-state index contributed by atoms with van der Waals surface area (Å²) >= 11 is 0. The molecule has 1 N–H and O–H groups in total. The van der Waals surface area contributed by atoms with Crippen molar-refractivity contribution < 1.29 is 4.74 Å². The maximum atomic E-state index is 5.17. The van der Waals surface area contributed by atoms with Crippen LogP contribution in [-0.2, 0) is 4.74 Å². The van der Waals surface area contributed by atoms with Crippen LogP contribution in [0.25, 0.3) is 0 Å². The summed E-state index contributed by atoms with van der Waals surface area (Å²) in [4.78, 5) is 3.25. The van der Waals surface area contributed by atoms with E-state index in [-0.39, 0.29) is 0 Å². The first-order chi connectivity index (χ1) is 4.77. The van der Waals surface area contributed by atoms with Crippen molar-refractivity contribution in [3.63, 3.8) is 0 Å². The summed E-state index contributed by atoms with van der Waals surface area (Å²) in [6, 6.07) is 2.16. The molecule has 2 rings (SSSR count). The van der Waals surface area contributed by atoms with Crippen LogP contribution in [0.3, 0.4) is 0 Å². The first-order valence-electron chi connectivity index (χ1n) is 3.55. The molecule has 0 bridgehead atoms. The molecule has 1 aromatic rings. The number of H-pyrrole nitrogens is 1. The van der Waals surface area contributed by atoms with Gasteiger partial charge in [-0.05, 0) is 19.9 Å². The van der Waals surface area contributed by atoms with Gasteiger partial charge < -0.3 is 9.72 Å². The second kappa shape index (κ2) is 1.86. The largest absolute Gasteiger partial charge is 0.368 e. The molecule has 1 saturated heterocycles. The van der Waals surface area contributed by atoms with Crippen molar-refractivity contribution in [3.05, 3.63) is 23.0 Å². The van der Waals surface area contributed by atoms with E-state index >= 15 is 0 Å². The zero-order valence-corrected chi connectivity index (χ0v) is 6.27. The fourth-order valence-corrected chi connectivity index (χ4v) is 1.31. The van der Waals surface area contributed by atoms with Gasteiger partial charge in [0.2, 0.25) is 0 Å². The quantitative estimate of drug-likeness (QED) is 0.586. The average Bonchev–Trinajstić information content (AvgIpc) is 2.61. The SMILES string of the molecule is Cc1cc([C@@H]2CO2)c(C)[nH]1. The van der Waals surface area contributed by atoms with E-state index < -0.39 is 0 Å². The Hall–Kier alpha value is -0.760. The molecule has 1 aliphatic rings. The Balaban J connectivity index is 2.38. The van der Waals surface area contributed by atoms with Gasteiger partial charge in [0.1, 0.15) is 6.10 Å². The van der Waals surface area contributed by atoms with E-state index in [1.807, 2.05) is 0 Å². The van der Waals surface area contributed by atoms with Crippen molar-refractivity contribution in [1.29, 1.82) is 0 Å². The third-order valence-electron chi connectivity index (χ3n) is 1.87. The minimum absolute atomic E-state index is 0.393. The molecule has 1 aliphatic heterocycles. The van der Waals surface area contributed by atoms with E-state index in [1.165, 1.54) is 17.0 Å².